The van der Waals surface area contributed by atoms with Gasteiger partial charge in [0.15, 0.2) is 5.82 Å². The molecule has 1 amide bonds. The first-order chi connectivity index (χ1) is 16.0. The van der Waals surface area contributed by atoms with Gasteiger partial charge in [-0.3, -0.25) is 4.79 Å². The van der Waals surface area contributed by atoms with Crippen molar-refractivity contribution in [1.29, 1.82) is 0 Å². The van der Waals surface area contributed by atoms with Crippen LogP contribution < -0.4 is 10.6 Å². The third-order valence-corrected chi connectivity index (χ3v) is 5.67. The largest absolute Gasteiger partial charge is 0.369 e. The first-order valence-corrected chi connectivity index (χ1v) is 11.8. The number of anilines is 2. The van der Waals surface area contributed by atoms with E-state index in [9.17, 15) is 4.79 Å². The minimum atomic E-state index is -0.00262. The van der Waals surface area contributed by atoms with E-state index in [0.717, 1.165) is 67.1 Å². The number of hydrogen-bond donors (Lipinski definition) is 2. The Morgan fingerprint density at radius 2 is 1.67 bits per heavy atom. The molecular weight excluding hydrogens is 412 g/mol. The van der Waals surface area contributed by atoms with E-state index in [2.05, 4.69) is 48.4 Å². The summed E-state index contributed by atoms with van der Waals surface area (Å²) >= 11 is 0. The first kappa shape index (κ1) is 24.6. The highest BCUT2D eigenvalue weighted by molar-refractivity contribution is 5.96. The van der Waals surface area contributed by atoms with Gasteiger partial charge in [0.1, 0.15) is 5.82 Å². The maximum atomic E-state index is 12.6. The van der Waals surface area contributed by atoms with Crippen LogP contribution in [-0.4, -0.2) is 72.5 Å². The maximum Gasteiger partial charge on any atom is 0.225 e. The summed E-state index contributed by atoms with van der Waals surface area (Å²) in [6.45, 7) is 8.67. The topological polar surface area (TPSA) is 73.4 Å². The summed E-state index contributed by atoms with van der Waals surface area (Å²) in [5.74, 6) is 1.41. The summed E-state index contributed by atoms with van der Waals surface area (Å²) in [6.07, 6.45) is 1.47. The van der Waals surface area contributed by atoms with Gasteiger partial charge in [-0.05, 0) is 64.4 Å². The number of fused-ring (bicyclic) bond motifs is 1. The molecule has 3 aromatic rings. The normalized spacial score (nSPS) is 11.3. The van der Waals surface area contributed by atoms with E-state index in [-0.39, 0.29) is 5.91 Å². The number of para-hydroxylation sites is 2. The summed E-state index contributed by atoms with van der Waals surface area (Å²) in [4.78, 5) is 26.7. The van der Waals surface area contributed by atoms with Crippen LogP contribution in [-0.2, 0) is 4.79 Å². The van der Waals surface area contributed by atoms with Crippen molar-refractivity contribution in [1.82, 2.24) is 19.8 Å². The van der Waals surface area contributed by atoms with Crippen LogP contribution in [0, 0.1) is 0 Å². The minimum Gasteiger partial charge on any atom is -0.369 e. The van der Waals surface area contributed by atoms with Crippen LogP contribution in [0.25, 0.3) is 22.3 Å². The highest BCUT2D eigenvalue weighted by Gasteiger charge is 2.14. The third-order valence-electron chi connectivity index (χ3n) is 5.67. The van der Waals surface area contributed by atoms with Crippen molar-refractivity contribution in [3.05, 3.63) is 48.5 Å². The second-order valence-corrected chi connectivity index (χ2v) is 8.37. The lowest BCUT2D eigenvalue weighted by Crippen LogP contribution is -2.27. The van der Waals surface area contributed by atoms with Crippen molar-refractivity contribution < 1.29 is 4.79 Å². The van der Waals surface area contributed by atoms with E-state index < -0.39 is 0 Å². The number of carbonyl (C=O) groups excluding carboxylic acids is 1. The Bertz CT molecular complexity index is 1050. The Hall–Kier alpha value is -3.03. The van der Waals surface area contributed by atoms with E-state index >= 15 is 0 Å². The quantitative estimate of drug-likeness (QED) is 0.402. The fourth-order valence-electron chi connectivity index (χ4n) is 3.73. The summed E-state index contributed by atoms with van der Waals surface area (Å²) < 4.78 is 0. The molecule has 0 unspecified atom stereocenters. The Balaban J connectivity index is 1.84. The average Bonchev–Trinajstić information content (AvgIpc) is 2.82. The molecule has 0 aliphatic heterocycles. The van der Waals surface area contributed by atoms with Crippen molar-refractivity contribution in [2.75, 3.05) is 57.5 Å². The number of amides is 1. The van der Waals surface area contributed by atoms with Gasteiger partial charge in [-0.1, -0.05) is 38.1 Å². The zero-order valence-electron chi connectivity index (χ0n) is 20.3. The lowest BCUT2D eigenvalue weighted by molar-refractivity contribution is -0.116. The Morgan fingerprint density at radius 1 is 0.939 bits per heavy atom. The monoisotopic (exact) mass is 448 g/mol. The molecule has 0 radical (unpaired) electrons. The number of rotatable bonds is 12. The SMILES string of the molecule is CCN(CC)CCC(=O)Nc1ccccc1-c1nc(NCCCN(C)C)c2ccccc2n1. The number of nitrogens with one attached hydrogen (secondary N) is 2. The number of carbonyl (C=O) groups is 1. The van der Waals surface area contributed by atoms with Crippen LogP contribution in [0.15, 0.2) is 48.5 Å². The Morgan fingerprint density at radius 3 is 2.42 bits per heavy atom. The van der Waals surface area contributed by atoms with Crippen molar-refractivity contribution >= 4 is 28.3 Å². The molecule has 3 rings (SSSR count). The van der Waals surface area contributed by atoms with Crippen LogP contribution >= 0.6 is 0 Å². The van der Waals surface area contributed by atoms with Crippen molar-refractivity contribution in [3.8, 4) is 11.4 Å². The molecule has 1 aromatic heterocycles. The van der Waals surface area contributed by atoms with Gasteiger partial charge in [-0.25, -0.2) is 9.97 Å². The molecule has 2 N–H and O–H groups in total. The van der Waals surface area contributed by atoms with Gasteiger partial charge in [0.2, 0.25) is 5.91 Å². The number of benzene rings is 2. The summed E-state index contributed by atoms with van der Waals surface area (Å²) in [7, 11) is 4.15. The van der Waals surface area contributed by atoms with Crippen LogP contribution in [0.1, 0.15) is 26.7 Å². The van der Waals surface area contributed by atoms with Crippen LogP contribution in [0.5, 0.6) is 0 Å². The number of hydrogen-bond acceptors (Lipinski definition) is 6. The molecule has 0 atom stereocenters. The highest BCUT2D eigenvalue weighted by Crippen LogP contribution is 2.29. The molecule has 0 fully saturated rings. The molecule has 0 bridgehead atoms. The Kier molecular flexibility index (Phi) is 9.15. The van der Waals surface area contributed by atoms with E-state index in [1.54, 1.807) is 0 Å². The molecule has 176 valence electrons. The number of nitrogens with zero attached hydrogens (tertiary/aromatic N) is 4. The lowest BCUT2D eigenvalue weighted by Gasteiger charge is -2.18. The predicted molar refractivity (Wildman–Crippen MR) is 138 cm³/mol. The molecule has 0 aliphatic carbocycles. The van der Waals surface area contributed by atoms with Gasteiger partial charge >= 0.3 is 0 Å². The van der Waals surface area contributed by atoms with E-state index in [4.69, 9.17) is 9.97 Å². The molecule has 1 heterocycles. The average molecular weight is 449 g/mol. The molecule has 0 spiro atoms. The third kappa shape index (κ3) is 6.97. The summed E-state index contributed by atoms with van der Waals surface area (Å²) in [5, 5.41) is 7.55. The van der Waals surface area contributed by atoms with E-state index in [1.807, 2.05) is 48.5 Å². The highest BCUT2D eigenvalue weighted by atomic mass is 16.1. The smallest absolute Gasteiger partial charge is 0.225 e. The molecule has 0 aliphatic rings. The van der Waals surface area contributed by atoms with Crippen LogP contribution in [0.3, 0.4) is 0 Å². The second-order valence-electron chi connectivity index (χ2n) is 8.37. The van der Waals surface area contributed by atoms with Gasteiger partial charge in [0.05, 0.1) is 11.2 Å². The van der Waals surface area contributed by atoms with Gasteiger partial charge in [-0.2, -0.15) is 0 Å². The standard InChI is InChI=1S/C26H36N6O/c1-5-32(6-2)19-16-24(33)28-22-14-9-8-13-21(22)26-29-23-15-10-7-12-20(23)25(30-26)27-17-11-18-31(3)4/h7-10,12-15H,5-6,11,16-19H2,1-4H3,(H,28,33)(H,27,29,30). The molecule has 7 heteroatoms. The zero-order chi connectivity index (χ0) is 23.6. The molecule has 33 heavy (non-hydrogen) atoms. The first-order valence-electron chi connectivity index (χ1n) is 11.8. The van der Waals surface area contributed by atoms with Gasteiger partial charge < -0.3 is 20.4 Å². The van der Waals surface area contributed by atoms with E-state index in [0.29, 0.717) is 12.2 Å². The van der Waals surface area contributed by atoms with Gasteiger partial charge in [0, 0.05) is 30.5 Å². The molecule has 0 saturated carbocycles. The van der Waals surface area contributed by atoms with Crippen molar-refractivity contribution in [3.63, 3.8) is 0 Å². The number of aromatic nitrogens is 2. The van der Waals surface area contributed by atoms with Crippen molar-refractivity contribution in [2.24, 2.45) is 0 Å². The zero-order valence-corrected chi connectivity index (χ0v) is 20.3. The summed E-state index contributed by atoms with van der Waals surface area (Å²) in [5.41, 5.74) is 2.42. The van der Waals surface area contributed by atoms with Crippen LogP contribution in [0.2, 0.25) is 0 Å². The predicted octanol–water partition coefficient (Wildman–Crippen LogP) is 4.33. The molecular formula is C26H36N6O. The van der Waals surface area contributed by atoms with Gasteiger partial charge in [-0.15, -0.1) is 0 Å². The van der Waals surface area contributed by atoms with Crippen LogP contribution in [0.4, 0.5) is 11.5 Å². The maximum absolute atomic E-state index is 12.6. The van der Waals surface area contributed by atoms with Gasteiger partial charge in [0.25, 0.3) is 0 Å². The second kappa shape index (κ2) is 12.3. The summed E-state index contributed by atoms with van der Waals surface area (Å²) in [6, 6.07) is 15.8. The molecule has 0 saturated heterocycles. The minimum absolute atomic E-state index is 0.00262. The molecule has 7 nitrogen and oxygen atoms in total. The van der Waals surface area contributed by atoms with E-state index in [1.165, 1.54) is 0 Å². The Labute approximate surface area is 197 Å². The lowest BCUT2D eigenvalue weighted by atomic mass is 10.1. The fourth-order valence-corrected chi connectivity index (χ4v) is 3.73. The van der Waals surface area contributed by atoms with Crippen molar-refractivity contribution in [2.45, 2.75) is 26.7 Å². The molecule has 2 aromatic carbocycles. The fraction of sp³-hybridized carbons (Fsp3) is 0.423.